The summed E-state index contributed by atoms with van der Waals surface area (Å²) in [6, 6.07) is 7.62. The minimum Gasteiger partial charge on any atom is -0.316 e. The molecule has 1 N–H and O–H groups in total. The van der Waals surface area contributed by atoms with E-state index in [4.69, 9.17) is 4.99 Å². The number of hydrogen-bond donors (Lipinski definition) is 1. The number of benzene rings is 1. The second kappa shape index (κ2) is 6.42. The highest BCUT2D eigenvalue weighted by Crippen LogP contribution is 2.47. The maximum atomic E-state index is 5.15. The van der Waals surface area contributed by atoms with E-state index in [1.165, 1.54) is 42.8 Å². The van der Waals surface area contributed by atoms with Gasteiger partial charge in [0, 0.05) is 18.2 Å². The van der Waals surface area contributed by atoms with E-state index in [2.05, 4.69) is 51.2 Å². The molecule has 2 heterocycles. The summed E-state index contributed by atoms with van der Waals surface area (Å²) >= 11 is 2.00. The predicted octanol–water partition coefficient (Wildman–Crippen LogP) is 5.22. The molecule has 3 aliphatic rings. The Balaban J connectivity index is 1.63. The average Bonchev–Trinajstić information content (AvgIpc) is 3.10. The molecule has 1 fully saturated rings. The van der Waals surface area contributed by atoms with E-state index in [9.17, 15) is 0 Å². The number of nitrogens with zero attached hydrogens (tertiary/aromatic N) is 1. The summed E-state index contributed by atoms with van der Waals surface area (Å²) in [6.45, 7) is 11.9. The van der Waals surface area contributed by atoms with E-state index < -0.39 is 0 Å². The molecule has 136 valence electrons. The Morgan fingerprint density at radius 1 is 1.08 bits per heavy atom. The fourth-order valence-electron chi connectivity index (χ4n) is 4.66. The molecule has 0 radical (unpaired) electrons. The number of aliphatic imine (C=N–C) groups is 1. The Morgan fingerprint density at radius 3 is 2.56 bits per heavy atom. The van der Waals surface area contributed by atoms with Gasteiger partial charge in [-0.15, -0.1) is 11.8 Å². The van der Waals surface area contributed by atoms with Crippen molar-refractivity contribution >= 4 is 16.8 Å². The van der Waals surface area contributed by atoms with Crippen LogP contribution in [0, 0.1) is 5.92 Å². The zero-order chi connectivity index (χ0) is 17.7. The van der Waals surface area contributed by atoms with Gasteiger partial charge in [0.2, 0.25) is 0 Å². The number of rotatable bonds is 2. The van der Waals surface area contributed by atoms with Crippen molar-refractivity contribution in [2.45, 2.75) is 70.3 Å². The first-order chi connectivity index (χ1) is 11.9. The van der Waals surface area contributed by atoms with E-state index in [0.29, 0.717) is 17.4 Å². The van der Waals surface area contributed by atoms with Crippen molar-refractivity contribution < 1.29 is 0 Å². The lowest BCUT2D eigenvalue weighted by Crippen LogP contribution is -2.34. The van der Waals surface area contributed by atoms with Gasteiger partial charge < -0.3 is 5.32 Å². The molecular weight excluding hydrogens is 324 g/mol. The molecule has 1 aromatic carbocycles. The summed E-state index contributed by atoms with van der Waals surface area (Å²) in [5.74, 6) is 1.77. The molecule has 1 saturated heterocycles. The summed E-state index contributed by atoms with van der Waals surface area (Å²) in [5, 5.41) is 4.93. The third-order valence-electron chi connectivity index (χ3n) is 6.58. The van der Waals surface area contributed by atoms with E-state index in [0.717, 1.165) is 12.3 Å². The largest absolute Gasteiger partial charge is 0.316 e. The van der Waals surface area contributed by atoms with Gasteiger partial charge in [0.15, 0.2) is 0 Å². The lowest BCUT2D eigenvalue weighted by atomic mass is 9.63. The molecule has 1 aliphatic carbocycles. The molecule has 0 spiro atoms. The highest BCUT2D eigenvalue weighted by molar-refractivity contribution is 8.14. The van der Waals surface area contributed by atoms with Crippen molar-refractivity contribution in [2.24, 2.45) is 10.9 Å². The molecule has 1 aromatic rings. The third-order valence-corrected chi connectivity index (χ3v) is 7.80. The summed E-state index contributed by atoms with van der Waals surface area (Å²) in [4.78, 5) is 5.15. The van der Waals surface area contributed by atoms with Gasteiger partial charge in [-0.05, 0) is 59.7 Å². The standard InChI is InChI=1S/C22H32N2S/c1-21(2)9-10-22(3,4)18-12-15(7-8-17(18)21)19-14-25-20(24-19)16-6-5-11-23-13-16/h7-8,12,16,19,23H,5-6,9-11,13-14H2,1-4H3. The Labute approximate surface area is 157 Å². The lowest BCUT2D eigenvalue weighted by molar-refractivity contribution is 0.331. The van der Waals surface area contributed by atoms with Crippen molar-refractivity contribution in [1.29, 1.82) is 0 Å². The van der Waals surface area contributed by atoms with E-state index in [-0.39, 0.29) is 5.41 Å². The first-order valence-corrected chi connectivity index (χ1v) is 10.9. The zero-order valence-electron chi connectivity index (χ0n) is 16.2. The van der Waals surface area contributed by atoms with Crippen LogP contribution in [0.1, 0.15) is 76.1 Å². The Hall–Kier alpha value is -0.800. The lowest BCUT2D eigenvalue weighted by Gasteiger charge is -2.42. The molecular formula is C22H32N2S. The average molecular weight is 357 g/mol. The highest BCUT2D eigenvalue weighted by Gasteiger charge is 2.37. The number of fused-ring (bicyclic) bond motifs is 1. The fourth-order valence-corrected chi connectivity index (χ4v) is 5.90. The molecule has 0 aromatic heterocycles. The van der Waals surface area contributed by atoms with E-state index in [1.807, 2.05) is 11.8 Å². The first-order valence-electron chi connectivity index (χ1n) is 9.93. The van der Waals surface area contributed by atoms with Crippen LogP contribution in [0.25, 0.3) is 0 Å². The van der Waals surface area contributed by atoms with Crippen molar-refractivity contribution in [3.05, 3.63) is 34.9 Å². The van der Waals surface area contributed by atoms with Crippen LogP contribution in [0.4, 0.5) is 0 Å². The summed E-state index contributed by atoms with van der Waals surface area (Å²) in [7, 11) is 0. The van der Waals surface area contributed by atoms with Crippen molar-refractivity contribution in [1.82, 2.24) is 5.32 Å². The van der Waals surface area contributed by atoms with Crippen molar-refractivity contribution in [2.75, 3.05) is 18.8 Å². The topological polar surface area (TPSA) is 24.4 Å². The number of nitrogens with one attached hydrogen (secondary N) is 1. The summed E-state index contributed by atoms with van der Waals surface area (Å²) in [6.07, 6.45) is 5.15. The smallest absolute Gasteiger partial charge is 0.0853 e. The quantitative estimate of drug-likeness (QED) is 0.785. The maximum absolute atomic E-state index is 5.15. The SMILES string of the molecule is CC1(C)CCC(C)(C)c2cc(C3CSC(C4CCCNC4)=N3)ccc21. The monoisotopic (exact) mass is 356 g/mol. The van der Waals surface area contributed by atoms with Gasteiger partial charge in [-0.3, -0.25) is 4.99 Å². The minimum absolute atomic E-state index is 0.284. The van der Waals surface area contributed by atoms with Gasteiger partial charge in [0.05, 0.1) is 11.1 Å². The van der Waals surface area contributed by atoms with Gasteiger partial charge in [0.1, 0.15) is 0 Å². The van der Waals surface area contributed by atoms with Gasteiger partial charge in [-0.25, -0.2) is 0 Å². The molecule has 2 unspecified atom stereocenters. The molecule has 0 saturated carbocycles. The second-order valence-corrected chi connectivity index (χ2v) is 10.5. The van der Waals surface area contributed by atoms with Crippen LogP contribution in [-0.2, 0) is 10.8 Å². The van der Waals surface area contributed by atoms with Gasteiger partial charge in [-0.2, -0.15) is 0 Å². The molecule has 4 rings (SSSR count). The van der Waals surface area contributed by atoms with Crippen LogP contribution in [0.2, 0.25) is 0 Å². The van der Waals surface area contributed by atoms with Gasteiger partial charge in [0.25, 0.3) is 0 Å². The Kier molecular flexibility index (Phi) is 4.52. The van der Waals surface area contributed by atoms with E-state index in [1.54, 1.807) is 11.1 Å². The molecule has 0 bridgehead atoms. The minimum atomic E-state index is 0.284. The van der Waals surface area contributed by atoms with Gasteiger partial charge in [-0.1, -0.05) is 45.9 Å². The van der Waals surface area contributed by atoms with Crippen LogP contribution in [0.15, 0.2) is 23.2 Å². The van der Waals surface area contributed by atoms with Crippen LogP contribution in [-0.4, -0.2) is 23.9 Å². The highest BCUT2D eigenvalue weighted by atomic mass is 32.2. The van der Waals surface area contributed by atoms with Crippen LogP contribution < -0.4 is 5.32 Å². The first kappa shape index (κ1) is 17.6. The van der Waals surface area contributed by atoms with Crippen molar-refractivity contribution in [3.63, 3.8) is 0 Å². The van der Waals surface area contributed by atoms with Crippen molar-refractivity contribution in [3.8, 4) is 0 Å². The molecule has 2 nitrogen and oxygen atoms in total. The second-order valence-electron chi connectivity index (χ2n) is 9.41. The predicted molar refractivity (Wildman–Crippen MR) is 110 cm³/mol. The van der Waals surface area contributed by atoms with E-state index >= 15 is 0 Å². The molecule has 3 heteroatoms. The summed E-state index contributed by atoms with van der Waals surface area (Å²) in [5.41, 5.74) is 5.13. The molecule has 2 atom stereocenters. The molecule has 25 heavy (non-hydrogen) atoms. The Morgan fingerprint density at radius 2 is 1.84 bits per heavy atom. The number of piperidine rings is 1. The third kappa shape index (κ3) is 3.30. The normalized spacial score (nSPS) is 30.6. The number of hydrogen-bond acceptors (Lipinski definition) is 3. The van der Waals surface area contributed by atoms with Crippen LogP contribution in [0.5, 0.6) is 0 Å². The van der Waals surface area contributed by atoms with Gasteiger partial charge >= 0.3 is 0 Å². The molecule has 2 aliphatic heterocycles. The molecule has 0 amide bonds. The fraction of sp³-hybridized carbons (Fsp3) is 0.682. The maximum Gasteiger partial charge on any atom is 0.0853 e. The zero-order valence-corrected chi connectivity index (χ0v) is 17.0. The van der Waals surface area contributed by atoms with Crippen LogP contribution in [0.3, 0.4) is 0 Å². The summed E-state index contributed by atoms with van der Waals surface area (Å²) < 4.78 is 0. The number of thioether (sulfide) groups is 1. The Bertz CT molecular complexity index is 683. The van der Waals surface area contributed by atoms with Crippen LogP contribution >= 0.6 is 11.8 Å².